The van der Waals surface area contributed by atoms with Gasteiger partial charge < -0.3 is 18.9 Å². The number of rotatable bonds is 4. The number of fused-ring (bicyclic) bond motifs is 4. The van der Waals surface area contributed by atoms with Crippen LogP contribution in [0.4, 0.5) is 0 Å². The second kappa shape index (κ2) is 6.67. The van der Waals surface area contributed by atoms with Gasteiger partial charge in [-0.05, 0) is 29.8 Å². The zero-order valence-corrected chi connectivity index (χ0v) is 16.0. The number of benzene rings is 3. The Balaban J connectivity index is 1.59. The summed E-state index contributed by atoms with van der Waals surface area (Å²) >= 11 is 0. The molecular weight excluding hydrogens is 368 g/mol. The summed E-state index contributed by atoms with van der Waals surface area (Å²) in [5, 5.41) is 2.58. The molecule has 144 valence electrons. The van der Waals surface area contributed by atoms with Gasteiger partial charge in [-0.2, -0.15) is 0 Å². The number of hydrogen-bond donors (Lipinski definition) is 1. The number of aromatic nitrogens is 2. The molecule has 6 heteroatoms. The molecule has 3 aromatic carbocycles. The number of nitrogens with zero attached hydrogens (tertiary/aromatic N) is 1. The highest BCUT2D eigenvalue weighted by molar-refractivity contribution is 6.05. The van der Waals surface area contributed by atoms with Crippen molar-refractivity contribution in [3.8, 4) is 11.5 Å². The molecule has 2 aromatic heterocycles. The molecule has 0 aliphatic heterocycles. The molecule has 0 atom stereocenters. The quantitative estimate of drug-likeness (QED) is 0.494. The molecule has 2 heterocycles. The van der Waals surface area contributed by atoms with Gasteiger partial charge in [0, 0.05) is 23.3 Å². The monoisotopic (exact) mass is 386 g/mol. The van der Waals surface area contributed by atoms with Gasteiger partial charge in [0.25, 0.3) is 5.56 Å². The lowest BCUT2D eigenvalue weighted by atomic mass is 10.1. The summed E-state index contributed by atoms with van der Waals surface area (Å²) in [7, 11) is 3.09. The van der Waals surface area contributed by atoms with E-state index < -0.39 is 0 Å². The minimum atomic E-state index is -0.208. The second-order valence-corrected chi connectivity index (χ2v) is 6.84. The van der Waals surface area contributed by atoms with Crippen LogP contribution in [0.2, 0.25) is 0 Å². The van der Waals surface area contributed by atoms with E-state index in [-0.39, 0.29) is 5.56 Å². The number of para-hydroxylation sites is 1. The molecule has 0 spiro atoms. The van der Waals surface area contributed by atoms with Crippen molar-refractivity contribution in [2.24, 2.45) is 0 Å². The molecule has 0 aliphatic carbocycles. The van der Waals surface area contributed by atoms with Gasteiger partial charge in [-0.1, -0.05) is 24.3 Å². The number of hydrogen-bond acceptors (Lipinski definition) is 5. The van der Waals surface area contributed by atoms with E-state index in [0.29, 0.717) is 34.6 Å². The molecule has 29 heavy (non-hydrogen) atoms. The van der Waals surface area contributed by atoms with Crippen molar-refractivity contribution in [2.45, 2.75) is 6.42 Å². The number of H-pyrrole nitrogens is 1. The molecule has 5 aromatic rings. The normalized spacial score (nSPS) is 11.4. The van der Waals surface area contributed by atoms with Crippen molar-refractivity contribution in [3.05, 3.63) is 76.3 Å². The molecule has 0 unspecified atom stereocenters. The molecule has 0 amide bonds. The lowest BCUT2D eigenvalue weighted by Crippen LogP contribution is -2.12. The van der Waals surface area contributed by atoms with Crippen LogP contribution in [0.3, 0.4) is 0 Å². The minimum absolute atomic E-state index is 0.208. The molecule has 0 radical (unpaired) electrons. The zero-order valence-electron chi connectivity index (χ0n) is 16.0. The summed E-state index contributed by atoms with van der Waals surface area (Å²) < 4.78 is 16.5. The Morgan fingerprint density at radius 1 is 0.897 bits per heavy atom. The van der Waals surface area contributed by atoms with Crippen LogP contribution in [0.15, 0.2) is 63.8 Å². The first-order valence-corrected chi connectivity index (χ1v) is 9.21. The number of nitrogens with one attached hydrogen (secondary N) is 1. The number of aromatic amines is 1. The number of methoxy groups -OCH3 is 2. The van der Waals surface area contributed by atoms with Gasteiger partial charge in [0.1, 0.15) is 17.0 Å². The Bertz CT molecular complexity index is 1430. The van der Waals surface area contributed by atoms with Crippen LogP contribution < -0.4 is 15.0 Å². The third kappa shape index (κ3) is 2.89. The predicted molar refractivity (Wildman–Crippen MR) is 112 cm³/mol. The smallest absolute Gasteiger partial charge is 0.258 e. The van der Waals surface area contributed by atoms with Crippen LogP contribution in [0.25, 0.3) is 32.8 Å². The lowest BCUT2D eigenvalue weighted by Gasteiger charge is -2.09. The summed E-state index contributed by atoms with van der Waals surface area (Å²) in [5.41, 5.74) is 3.09. The fourth-order valence-corrected chi connectivity index (χ4v) is 3.67. The third-order valence-electron chi connectivity index (χ3n) is 5.07. The van der Waals surface area contributed by atoms with Crippen LogP contribution in [0, 0.1) is 0 Å². The average molecular weight is 386 g/mol. The van der Waals surface area contributed by atoms with Crippen molar-refractivity contribution in [1.29, 1.82) is 0 Å². The fraction of sp³-hybridized carbons (Fsp3) is 0.130. The zero-order chi connectivity index (χ0) is 20.0. The molecule has 1 N–H and O–H groups in total. The Hall–Kier alpha value is -3.80. The summed E-state index contributed by atoms with van der Waals surface area (Å²) in [6.45, 7) is 0. The molecule has 0 bridgehead atoms. The van der Waals surface area contributed by atoms with Crippen LogP contribution >= 0.6 is 0 Å². The van der Waals surface area contributed by atoms with E-state index in [4.69, 9.17) is 13.9 Å². The van der Waals surface area contributed by atoms with Gasteiger partial charge >= 0.3 is 0 Å². The number of furan rings is 1. The third-order valence-corrected chi connectivity index (χ3v) is 5.07. The van der Waals surface area contributed by atoms with Crippen molar-refractivity contribution in [3.63, 3.8) is 0 Å². The van der Waals surface area contributed by atoms with Gasteiger partial charge in [0.2, 0.25) is 0 Å². The summed E-state index contributed by atoms with van der Waals surface area (Å²) in [5.74, 6) is 1.62. The highest BCUT2D eigenvalue weighted by Gasteiger charge is 2.12. The highest BCUT2D eigenvalue weighted by Crippen LogP contribution is 2.31. The van der Waals surface area contributed by atoms with Gasteiger partial charge in [-0.3, -0.25) is 4.79 Å². The fourth-order valence-electron chi connectivity index (χ4n) is 3.67. The first kappa shape index (κ1) is 17.3. The second-order valence-electron chi connectivity index (χ2n) is 6.84. The van der Waals surface area contributed by atoms with Gasteiger partial charge in [-0.25, -0.2) is 4.98 Å². The van der Waals surface area contributed by atoms with Crippen molar-refractivity contribution < 1.29 is 13.9 Å². The largest absolute Gasteiger partial charge is 0.493 e. The molecule has 5 rings (SSSR count). The summed E-state index contributed by atoms with van der Waals surface area (Å²) in [6, 6.07) is 17.3. The maximum Gasteiger partial charge on any atom is 0.258 e. The maximum atomic E-state index is 12.6. The Kier molecular flexibility index (Phi) is 3.98. The molecular formula is C23H18N2O4. The topological polar surface area (TPSA) is 77.4 Å². The van der Waals surface area contributed by atoms with Gasteiger partial charge in [-0.15, -0.1) is 0 Å². The van der Waals surface area contributed by atoms with E-state index in [9.17, 15) is 4.79 Å². The van der Waals surface area contributed by atoms with Gasteiger partial charge in [0.05, 0.1) is 25.1 Å². The standard InChI is InChI=1S/C23H18N2O4/c1-27-20-11-16-17(12-21(20)28-2)24-22(25-23(16)26)10-13-7-8-19-15(9-13)14-5-3-4-6-18(14)29-19/h3-9,11-12H,10H2,1-2H3,(H,24,25,26). The van der Waals surface area contributed by atoms with Crippen molar-refractivity contribution in [2.75, 3.05) is 14.2 Å². The molecule has 6 nitrogen and oxygen atoms in total. The van der Waals surface area contributed by atoms with Crippen LogP contribution in [-0.4, -0.2) is 24.2 Å². The van der Waals surface area contributed by atoms with E-state index in [2.05, 4.69) is 16.0 Å². The Labute approximate surface area is 165 Å². The SMILES string of the molecule is COc1cc2nc(Cc3ccc4oc5ccccc5c4c3)[nH]c(=O)c2cc1OC. The van der Waals surface area contributed by atoms with Crippen LogP contribution in [0.5, 0.6) is 11.5 Å². The van der Waals surface area contributed by atoms with Crippen molar-refractivity contribution >= 4 is 32.8 Å². The first-order valence-electron chi connectivity index (χ1n) is 9.21. The van der Waals surface area contributed by atoms with E-state index >= 15 is 0 Å². The Morgan fingerprint density at radius 2 is 1.66 bits per heavy atom. The van der Waals surface area contributed by atoms with Crippen molar-refractivity contribution in [1.82, 2.24) is 9.97 Å². The van der Waals surface area contributed by atoms with E-state index in [1.165, 1.54) is 7.11 Å². The summed E-state index contributed by atoms with van der Waals surface area (Å²) in [4.78, 5) is 20.1. The van der Waals surface area contributed by atoms with Gasteiger partial charge in [0.15, 0.2) is 11.5 Å². The van der Waals surface area contributed by atoms with E-state index in [1.807, 2.05) is 36.4 Å². The molecule has 0 aliphatic rings. The minimum Gasteiger partial charge on any atom is -0.493 e. The van der Waals surface area contributed by atoms with E-state index in [0.717, 1.165) is 27.5 Å². The van der Waals surface area contributed by atoms with Crippen LogP contribution in [0.1, 0.15) is 11.4 Å². The first-order chi connectivity index (χ1) is 14.2. The molecule has 0 fully saturated rings. The average Bonchev–Trinajstić information content (AvgIpc) is 3.11. The maximum absolute atomic E-state index is 12.6. The highest BCUT2D eigenvalue weighted by atomic mass is 16.5. The van der Waals surface area contributed by atoms with Crippen LogP contribution in [-0.2, 0) is 6.42 Å². The Morgan fingerprint density at radius 3 is 2.48 bits per heavy atom. The molecule has 0 saturated carbocycles. The summed E-state index contributed by atoms with van der Waals surface area (Å²) in [6.07, 6.45) is 0.495. The van der Waals surface area contributed by atoms with E-state index in [1.54, 1.807) is 19.2 Å². The predicted octanol–water partition coefficient (Wildman–Crippen LogP) is 4.43. The lowest BCUT2D eigenvalue weighted by molar-refractivity contribution is 0.355. The number of ether oxygens (including phenoxy) is 2. The molecule has 0 saturated heterocycles.